The summed E-state index contributed by atoms with van der Waals surface area (Å²) in [6, 6.07) is 13.6. The van der Waals surface area contributed by atoms with Gasteiger partial charge in [0.05, 0.1) is 12.3 Å². The number of β-amino-alcohol motifs (C(OH)–C–C–N with tert-alkyl or cyclic N) is 1. The van der Waals surface area contributed by atoms with E-state index in [0.29, 0.717) is 12.1 Å². The molecule has 3 atom stereocenters. The van der Waals surface area contributed by atoms with Crippen LogP contribution in [0, 0.1) is 18.1 Å². The summed E-state index contributed by atoms with van der Waals surface area (Å²) in [5, 5.41) is 10.0. The maximum atomic E-state index is 14.5. The van der Waals surface area contributed by atoms with E-state index in [9.17, 15) is 13.9 Å². The fourth-order valence-electron chi connectivity index (χ4n) is 4.37. The van der Waals surface area contributed by atoms with Gasteiger partial charge < -0.3 is 5.11 Å². The number of nitrogens with zero attached hydrogens (tertiary/aromatic N) is 2. The third-order valence-corrected chi connectivity index (χ3v) is 5.66. The minimum Gasteiger partial charge on any atom is -0.392 e. The highest BCUT2D eigenvalue weighted by molar-refractivity contribution is 5.27. The first-order valence-electron chi connectivity index (χ1n) is 9.64. The first-order chi connectivity index (χ1) is 13.1. The topological polar surface area (TPSA) is 26.7 Å². The lowest BCUT2D eigenvalue weighted by atomic mass is 10.0. The van der Waals surface area contributed by atoms with Crippen molar-refractivity contribution in [3.8, 4) is 0 Å². The van der Waals surface area contributed by atoms with Crippen LogP contribution in [0.2, 0.25) is 0 Å². The lowest BCUT2D eigenvalue weighted by molar-refractivity contribution is 0.0611. The summed E-state index contributed by atoms with van der Waals surface area (Å²) in [6.45, 7) is 2.22. The monoisotopic (exact) mass is 371 g/mol. The molecule has 143 valence electrons. The summed E-state index contributed by atoms with van der Waals surface area (Å²) in [5.41, 5.74) is 1.52. The van der Waals surface area contributed by atoms with Crippen LogP contribution in [-0.4, -0.2) is 46.8 Å². The quantitative estimate of drug-likeness (QED) is 0.867. The Morgan fingerprint density at radius 3 is 2.59 bits per heavy atom. The number of aliphatic hydroxyl groups is 1. The van der Waals surface area contributed by atoms with Crippen LogP contribution in [-0.2, 0) is 0 Å². The van der Waals surface area contributed by atoms with E-state index < -0.39 is 5.82 Å². The second-order valence-electron chi connectivity index (χ2n) is 7.49. The van der Waals surface area contributed by atoms with Gasteiger partial charge in [-0.25, -0.2) is 8.78 Å². The molecule has 2 saturated heterocycles. The van der Waals surface area contributed by atoms with Crippen LogP contribution in [0.5, 0.6) is 0 Å². The Hall–Kier alpha value is -1.82. The fourth-order valence-corrected chi connectivity index (χ4v) is 4.37. The van der Waals surface area contributed by atoms with Crippen LogP contribution in [0.1, 0.15) is 36.4 Å². The summed E-state index contributed by atoms with van der Waals surface area (Å²) in [5.74, 6) is -0.758. The lowest BCUT2D eigenvalue weighted by Crippen LogP contribution is -2.48. The van der Waals surface area contributed by atoms with E-state index in [4.69, 9.17) is 0 Å². The molecule has 2 aromatic rings. The smallest absolute Gasteiger partial charge is 0.128 e. The molecule has 2 heterocycles. The highest BCUT2D eigenvalue weighted by Gasteiger charge is 2.38. The Kier molecular flexibility index (Phi) is 5.53. The van der Waals surface area contributed by atoms with Gasteiger partial charge in [-0.2, -0.15) is 0 Å². The van der Waals surface area contributed by atoms with Gasteiger partial charge in [-0.3, -0.25) is 9.80 Å². The molecule has 5 heteroatoms. The summed E-state index contributed by atoms with van der Waals surface area (Å²) in [6.07, 6.45) is 4.27. The molecule has 27 heavy (non-hydrogen) atoms. The van der Waals surface area contributed by atoms with E-state index in [1.807, 2.05) is 30.3 Å². The zero-order valence-electron chi connectivity index (χ0n) is 15.3. The van der Waals surface area contributed by atoms with Gasteiger partial charge in [0.25, 0.3) is 0 Å². The highest BCUT2D eigenvalue weighted by Crippen LogP contribution is 2.38. The molecule has 2 aliphatic heterocycles. The molecule has 1 radical (unpaired) electrons. The van der Waals surface area contributed by atoms with Crippen LogP contribution < -0.4 is 0 Å². The Bertz CT molecular complexity index is 770. The maximum Gasteiger partial charge on any atom is 0.128 e. The Morgan fingerprint density at radius 1 is 1.04 bits per heavy atom. The molecule has 1 N–H and O–H groups in total. The zero-order valence-corrected chi connectivity index (χ0v) is 15.3. The maximum absolute atomic E-state index is 14.5. The van der Waals surface area contributed by atoms with Gasteiger partial charge in [0.2, 0.25) is 0 Å². The van der Waals surface area contributed by atoms with E-state index >= 15 is 0 Å². The number of benzene rings is 2. The van der Waals surface area contributed by atoms with E-state index in [0.717, 1.165) is 37.9 Å². The second-order valence-corrected chi connectivity index (χ2v) is 7.49. The lowest BCUT2D eigenvalue weighted by Gasteiger charge is -2.39. The van der Waals surface area contributed by atoms with Crippen LogP contribution >= 0.6 is 0 Å². The summed E-state index contributed by atoms with van der Waals surface area (Å²) in [7, 11) is 0. The minimum absolute atomic E-state index is 0.0558. The van der Waals surface area contributed by atoms with E-state index in [1.54, 1.807) is 0 Å². The van der Waals surface area contributed by atoms with Crippen molar-refractivity contribution < 1.29 is 13.9 Å². The van der Waals surface area contributed by atoms with Gasteiger partial charge in [-0.1, -0.05) is 30.3 Å². The predicted molar refractivity (Wildman–Crippen MR) is 101 cm³/mol. The predicted octanol–water partition coefficient (Wildman–Crippen LogP) is 3.75. The van der Waals surface area contributed by atoms with Crippen LogP contribution in [0.15, 0.2) is 48.5 Å². The van der Waals surface area contributed by atoms with Crippen molar-refractivity contribution in [2.24, 2.45) is 0 Å². The average molecular weight is 371 g/mol. The first kappa shape index (κ1) is 18.5. The highest BCUT2D eigenvalue weighted by atomic mass is 19.1. The van der Waals surface area contributed by atoms with Crippen molar-refractivity contribution >= 4 is 0 Å². The van der Waals surface area contributed by atoms with Crippen LogP contribution in [0.3, 0.4) is 0 Å². The molecule has 2 aliphatic rings. The van der Waals surface area contributed by atoms with Gasteiger partial charge >= 0.3 is 0 Å². The van der Waals surface area contributed by atoms with Crippen molar-refractivity contribution in [1.29, 1.82) is 0 Å². The molecule has 0 bridgehead atoms. The third kappa shape index (κ3) is 4.05. The van der Waals surface area contributed by atoms with Gasteiger partial charge in [0.15, 0.2) is 0 Å². The number of hydrogen-bond donors (Lipinski definition) is 1. The second kappa shape index (κ2) is 8.05. The van der Waals surface area contributed by atoms with Gasteiger partial charge in [-0.05, 0) is 43.0 Å². The molecular formula is C22H25F2N2O. The summed E-state index contributed by atoms with van der Waals surface area (Å²) in [4.78, 5) is 4.50. The van der Waals surface area contributed by atoms with Crippen molar-refractivity contribution in [3.05, 3.63) is 77.7 Å². The molecule has 0 unspecified atom stereocenters. The SMILES string of the molecule is O[C@H]1CCN([C@H]([CH]c2ccccc2)N2CCC[C@@H]2c2cc(F)ccc2F)C1. The molecule has 2 fully saturated rings. The summed E-state index contributed by atoms with van der Waals surface area (Å²) >= 11 is 0. The molecule has 4 rings (SSSR count). The Balaban J connectivity index is 1.64. The van der Waals surface area contributed by atoms with Crippen LogP contribution in [0.4, 0.5) is 8.78 Å². The number of hydrogen-bond acceptors (Lipinski definition) is 3. The fraction of sp³-hybridized carbons (Fsp3) is 0.409. The molecule has 0 saturated carbocycles. The summed E-state index contributed by atoms with van der Waals surface area (Å²) < 4.78 is 28.3. The first-order valence-corrected chi connectivity index (χ1v) is 9.64. The van der Waals surface area contributed by atoms with Crippen molar-refractivity contribution in [2.45, 2.75) is 37.6 Å². The van der Waals surface area contributed by atoms with E-state index in [2.05, 4.69) is 16.2 Å². The minimum atomic E-state index is -0.404. The number of aliphatic hydroxyl groups excluding tert-OH is 1. The van der Waals surface area contributed by atoms with Gasteiger partial charge in [0, 0.05) is 37.7 Å². The number of rotatable bonds is 5. The number of halogens is 2. The van der Waals surface area contributed by atoms with Crippen molar-refractivity contribution in [2.75, 3.05) is 19.6 Å². The standard InChI is InChI=1S/C22H25F2N2O/c23-17-8-9-20(24)19(14-17)21-7-4-11-26(21)22(25-12-10-18(27)15-25)13-16-5-2-1-3-6-16/h1-3,5-6,8-9,13-14,18,21-22,27H,4,7,10-12,15H2/t18-,21+,22-/m0/s1. The van der Waals surface area contributed by atoms with Crippen molar-refractivity contribution in [1.82, 2.24) is 9.80 Å². The number of likely N-dealkylation sites (tertiary alicyclic amines) is 2. The Morgan fingerprint density at radius 2 is 1.85 bits per heavy atom. The molecule has 0 spiro atoms. The normalized spacial score (nSPS) is 25.1. The molecule has 2 aromatic carbocycles. The zero-order chi connectivity index (χ0) is 18.8. The Labute approximate surface area is 159 Å². The molecule has 0 amide bonds. The third-order valence-electron chi connectivity index (χ3n) is 5.66. The molecule has 3 nitrogen and oxygen atoms in total. The average Bonchev–Trinajstić information content (AvgIpc) is 3.32. The van der Waals surface area contributed by atoms with E-state index in [-0.39, 0.29) is 24.1 Å². The van der Waals surface area contributed by atoms with Crippen molar-refractivity contribution in [3.63, 3.8) is 0 Å². The van der Waals surface area contributed by atoms with Crippen LogP contribution in [0.25, 0.3) is 0 Å². The van der Waals surface area contributed by atoms with Gasteiger partial charge in [-0.15, -0.1) is 0 Å². The molecule has 0 aromatic heterocycles. The van der Waals surface area contributed by atoms with Gasteiger partial charge in [0.1, 0.15) is 11.6 Å². The largest absolute Gasteiger partial charge is 0.392 e. The molecule has 0 aliphatic carbocycles. The molecular weight excluding hydrogens is 346 g/mol. The van der Waals surface area contributed by atoms with E-state index in [1.165, 1.54) is 18.2 Å².